The molecule has 1 aliphatic rings. The first-order valence-corrected chi connectivity index (χ1v) is 13.6. The summed E-state index contributed by atoms with van der Waals surface area (Å²) in [5, 5.41) is 0. The van der Waals surface area contributed by atoms with Gasteiger partial charge in [-0.15, -0.1) is 0 Å². The predicted octanol–water partition coefficient (Wildman–Crippen LogP) is 8.14. The van der Waals surface area contributed by atoms with Crippen LogP contribution in [0.4, 0.5) is 4.39 Å². The summed E-state index contributed by atoms with van der Waals surface area (Å²) in [5.74, 6) is 0.981. The summed E-state index contributed by atoms with van der Waals surface area (Å²) < 4.78 is 22.3. The second kappa shape index (κ2) is 9.72. The number of benzene rings is 3. The van der Waals surface area contributed by atoms with Crippen LogP contribution in [-0.2, 0) is 22.4 Å². The van der Waals surface area contributed by atoms with E-state index in [1.165, 1.54) is 6.07 Å². The lowest BCUT2D eigenvalue weighted by Crippen LogP contribution is -2.22. The van der Waals surface area contributed by atoms with Crippen LogP contribution in [0.1, 0.15) is 51.3 Å². The highest BCUT2D eigenvalue weighted by Gasteiger charge is 2.43. The number of hydrogen-bond acceptors (Lipinski definition) is 5. The molecule has 5 aromatic rings. The summed E-state index contributed by atoms with van der Waals surface area (Å²) in [4.78, 5) is 18.8. The minimum atomic E-state index is -0.483. The molecule has 0 saturated carbocycles. The molecule has 0 saturated heterocycles. The number of nitrogens with zero attached hydrogens (tertiary/aromatic N) is 4. The highest BCUT2D eigenvalue weighted by Crippen LogP contribution is 2.48. The smallest absolute Gasteiger partial charge is 0.165 e. The molecule has 40 heavy (non-hydrogen) atoms. The molecule has 0 fully saturated rings. The standard InChI is InChI=1S/C34H31FN4O/c1-6-21-17-26-27(34(4,5)40-33(26,2)3)19-25(21)29-28(35)18-24(20-36-29)32-38-30(22-13-9-7-10-14-22)37-31(39-32)23-15-11-8-12-16-23/h7-20H,6H2,1-5H3. The van der Waals surface area contributed by atoms with Crippen molar-refractivity contribution < 1.29 is 9.13 Å². The van der Waals surface area contributed by atoms with Crippen LogP contribution >= 0.6 is 0 Å². The van der Waals surface area contributed by atoms with E-state index in [0.717, 1.165) is 39.8 Å². The van der Waals surface area contributed by atoms with Crippen LogP contribution in [0.15, 0.2) is 85.1 Å². The van der Waals surface area contributed by atoms with Crippen LogP contribution in [0, 0.1) is 5.82 Å². The summed E-state index contributed by atoms with van der Waals surface area (Å²) in [7, 11) is 0. The molecule has 2 aromatic heterocycles. The number of fused-ring (bicyclic) bond motifs is 1. The van der Waals surface area contributed by atoms with Crippen molar-refractivity contribution >= 4 is 0 Å². The van der Waals surface area contributed by atoms with E-state index in [9.17, 15) is 0 Å². The van der Waals surface area contributed by atoms with Crippen LogP contribution in [-0.4, -0.2) is 19.9 Å². The lowest BCUT2D eigenvalue weighted by molar-refractivity contribution is -0.105. The molecule has 0 aliphatic carbocycles. The Hall–Kier alpha value is -4.29. The van der Waals surface area contributed by atoms with Crippen molar-refractivity contribution in [3.63, 3.8) is 0 Å². The van der Waals surface area contributed by atoms with Gasteiger partial charge in [0.05, 0.1) is 11.2 Å². The van der Waals surface area contributed by atoms with Crippen molar-refractivity contribution in [1.29, 1.82) is 0 Å². The summed E-state index contributed by atoms with van der Waals surface area (Å²) in [5.41, 5.74) is 5.63. The van der Waals surface area contributed by atoms with E-state index in [4.69, 9.17) is 19.7 Å². The Balaban J connectivity index is 1.47. The van der Waals surface area contributed by atoms with Crippen LogP contribution in [0.3, 0.4) is 0 Å². The second-order valence-corrected chi connectivity index (χ2v) is 11.1. The molecule has 0 atom stereocenters. The summed E-state index contributed by atoms with van der Waals surface area (Å²) >= 11 is 0. The number of ether oxygens (including phenoxy) is 1. The molecule has 6 rings (SSSR count). The molecule has 1 aliphatic heterocycles. The molecular formula is C34H31FN4O. The van der Waals surface area contributed by atoms with Crippen molar-refractivity contribution in [1.82, 2.24) is 19.9 Å². The number of rotatable bonds is 5. The third-order valence-electron chi connectivity index (χ3n) is 7.49. The molecule has 0 unspecified atom stereocenters. The normalized spacial score (nSPS) is 15.2. The van der Waals surface area contributed by atoms with Gasteiger partial charge < -0.3 is 4.74 Å². The van der Waals surface area contributed by atoms with Crippen molar-refractivity contribution in [2.24, 2.45) is 0 Å². The fourth-order valence-electron chi connectivity index (χ4n) is 5.60. The first-order chi connectivity index (χ1) is 19.2. The monoisotopic (exact) mass is 530 g/mol. The fourth-order valence-corrected chi connectivity index (χ4v) is 5.60. The highest BCUT2D eigenvalue weighted by atomic mass is 19.1. The van der Waals surface area contributed by atoms with E-state index in [0.29, 0.717) is 28.7 Å². The molecule has 0 amide bonds. The van der Waals surface area contributed by atoms with Crippen molar-refractivity contribution in [3.05, 3.63) is 108 Å². The molecule has 0 bridgehead atoms. The van der Waals surface area contributed by atoms with E-state index in [2.05, 4.69) is 51.7 Å². The van der Waals surface area contributed by atoms with E-state index in [-0.39, 0.29) is 0 Å². The lowest BCUT2D eigenvalue weighted by atomic mass is 9.85. The molecule has 0 radical (unpaired) electrons. The van der Waals surface area contributed by atoms with Crippen molar-refractivity contribution in [3.8, 4) is 45.4 Å². The van der Waals surface area contributed by atoms with Crippen LogP contribution in [0.2, 0.25) is 0 Å². The van der Waals surface area contributed by atoms with E-state index < -0.39 is 17.0 Å². The van der Waals surface area contributed by atoms with Gasteiger partial charge >= 0.3 is 0 Å². The maximum Gasteiger partial charge on any atom is 0.165 e. The zero-order valence-electron chi connectivity index (χ0n) is 23.4. The Morgan fingerprint density at radius 1 is 0.675 bits per heavy atom. The number of aryl methyl sites for hydroxylation is 1. The molecular weight excluding hydrogens is 499 g/mol. The Morgan fingerprint density at radius 3 is 1.68 bits per heavy atom. The molecule has 3 heterocycles. The average Bonchev–Trinajstić information content (AvgIpc) is 3.15. The van der Waals surface area contributed by atoms with Gasteiger partial charge in [-0.3, -0.25) is 4.98 Å². The van der Waals surface area contributed by atoms with Gasteiger partial charge in [0, 0.05) is 28.5 Å². The number of hydrogen-bond donors (Lipinski definition) is 0. The van der Waals surface area contributed by atoms with Crippen molar-refractivity contribution in [2.75, 3.05) is 0 Å². The average molecular weight is 531 g/mol. The van der Waals surface area contributed by atoms with Gasteiger partial charge in [-0.25, -0.2) is 19.3 Å². The van der Waals surface area contributed by atoms with Gasteiger partial charge in [0.2, 0.25) is 0 Å². The predicted molar refractivity (Wildman–Crippen MR) is 156 cm³/mol. The van der Waals surface area contributed by atoms with Crippen LogP contribution in [0.5, 0.6) is 0 Å². The number of aromatic nitrogens is 4. The lowest BCUT2D eigenvalue weighted by Gasteiger charge is -2.24. The summed E-state index contributed by atoms with van der Waals surface area (Å²) in [6.07, 6.45) is 2.39. The zero-order chi connectivity index (χ0) is 28.1. The molecule has 6 heteroatoms. The molecule has 0 N–H and O–H groups in total. The van der Waals surface area contributed by atoms with Gasteiger partial charge in [0.15, 0.2) is 17.5 Å². The Bertz CT molecular complexity index is 1660. The zero-order valence-corrected chi connectivity index (χ0v) is 23.4. The molecule has 200 valence electrons. The third kappa shape index (κ3) is 4.58. The Kier molecular flexibility index (Phi) is 6.31. The van der Waals surface area contributed by atoms with Crippen molar-refractivity contribution in [2.45, 2.75) is 52.2 Å². The summed E-state index contributed by atoms with van der Waals surface area (Å²) in [6.45, 7) is 10.3. The first kappa shape index (κ1) is 26.0. The highest BCUT2D eigenvalue weighted by molar-refractivity contribution is 5.71. The van der Waals surface area contributed by atoms with E-state index in [1.54, 1.807) is 6.20 Å². The topological polar surface area (TPSA) is 60.8 Å². The van der Waals surface area contributed by atoms with Gasteiger partial charge in [-0.05, 0) is 62.9 Å². The Morgan fingerprint density at radius 2 is 1.18 bits per heavy atom. The molecule has 5 nitrogen and oxygen atoms in total. The SMILES string of the molecule is CCc1cc2c(cc1-c1ncc(-c3nc(-c4ccccc4)nc(-c4ccccc4)n3)cc1F)C(C)(C)OC2(C)C. The van der Waals surface area contributed by atoms with Gasteiger partial charge in [-0.2, -0.15) is 0 Å². The number of pyridine rings is 1. The van der Waals surface area contributed by atoms with Crippen LogP contribution < -0.4 is 0 Å². The molecule has 0 spiro atoms. The minimum absolute atomic E-state index is 0.310. The minimum Gasteiger partial charge on any atom is -0.360 e. The molecule has 3 aromatic carbocycles. The van der Waals surface area contributed by atoms with Crippen LogP contribution in [0.25, 0.3) is 45.4 Å². The second-order valence-electron chi connectivity index (χ2n) is 11.1. The first-order valence-electron chi connectivity index (χ1n) is 13.6. The summed E-state index contributed by atoms with van der Waals surface area (Å²) in [6, 6.07) is 25.1. The van der Waals surface area contributed by atoms with Gasteiger partial charge in [0.1, 0.15) is 11.5 Å². The quantitative estimate of drug-likeness (QED) is 0.230. The van der Waals surface area contributed by atoms with Gasteiger partial charge in [0.25, 0.3) is 0 Å². The van der Waals surface area contributed by atoms with Gasteiger partial charge in [-0.1, -0.05) is 73.7 Å². The largest absolute Gasteiger partial charge is 0.360 e. The number of halogens is 1. The fraction of sp³-hybridized carbons (Fsp3) is 0.235. The third-order valence-corrected chi connectivity index (χ3v) is 7.49. The maximum atomic E-state index is 15.9. The van der Waals surface area contributed by atoms with E-state index in [1.807, 2.05) is 60.7 Å². The maximum absolute atomic E-state index is 15.9. The Labute approximate surface area is 234 Å². The van der Waals surface area contributed by atoms with E-state index >= 15 is 4.39 Å².